The number of aldehydes is 1. The van der Waals surface area contributed by atoms with Crippen LogP contribution in [0.2, 0.25) is 0 Å². The van der Waals surface area contributed by atoms with E-state index in [-0.39, 0.29) is 0 Å². The summed E-state index contributed by atoms with van der Waals surface area (Å²) < 4.78 is 0. The van der Waals surface area contributed by atoms with Crippen LogP contribution in [0.4, 0.5) is 0 Å². The van der Waals surface area contributed by atoms with Crippen molar-refractivity contribution < 1.29 is 4.79 Å². The maximum Gasteiger partial charge on any atom is 0.130 e. The van der Waals surface area contributed by atoms with E-state index in [0.717, 1.165) is 12.0 Å². The first-order valence-electron chi connectivity index (χ1n) is 2.10. The van der Waals surface area contributed by atoms with Crippen LogP contribution < -0.4 is 0 Å². The molecule has 0 bridgehead atoms. The fourth-order valence-electron chi connectivity index (χ4n) is 0.159. The van der Waals surface area contributed by atoms with Crippen LogP contribution in [0.1, 0.15) is 6.92 Å². The van der Waals surface area contributed by atoms with Gasteiger partial charge in [-0.2, -0.15) is 0 Å². The van der Waals surface area contributed by atoms with E-state index in [1.54, 1.807) is 21.6 Å². The van der Waals surface area contributed by atoms with Crippen LogP contribution in [0.5, 0.6) is 0 Å². The van der Waals surface area contributed by atoms with Crippen LogP contribution in [-0.2, 0) is 4.79 Å². The number of rotatable bonds is 4. The van der Waals surface area contributed by atoms with Crippen LogP contribution in [-0.4, -0.2) is 17.8 Å². The minimum absolute atomic E-state index is 0.624. The lowest BCUT2D eigenvalue weighted by atomic mass is 10.9. The highest BCUT2D eigenvalue weighted by Crippen LogP contribution is 2.18. The summed E-state index contributed by atoms with van der Waals surface area (Å²) >= 11 is 0. The Kier molecular flexibility index (Phi) is 6.71. The van der Waals surface area contributed by atoms with Crippen molar-refractivity contribution in [2.75, 3.05) is 11.5 Å². The summed E-state index contributed by atoms with van der Waals surface area (Å²) in [7, 11) is 3.32. The van der Waals surface area contributed by atoms with Crippen LogP contribution in [0.25, 0.3) is 0 Å². The van der Waals surface area contributed by atoms with Crippen molar-refractivity contribution in [3.63, 3.8) is 0 Å². The molecule has 0 rings (SSSR count). The minimum Gasteiger partial charge on any atom is -0.302 e. The topological polar surface area (TPSA) is 17.1 Å². The summed E-state index contributed by atoms with van der Waals surface area (Å²) in [6.07, 6.45) is 0.924. The van der Waals surface area contributed by atoms with Gasteiger partial charge in [0.1, 0.15) is 6.29 Å². The van der Waals surface area contributed by atoms with E-state index in [2.05, 4.69) is 6.92 Å². The fraction of sp³-hybridized carbons (Fsp3) is 0.750. The van der Waals surface area contributed by atoms with Crippen LogP contribution >= 0.6 is 21.6 Å². The molecule has 1 nitrogen and oxygen atoms in total. The first-order valence-corrected chi connectivity index (χ1v) is 4.58. The molecular formula is C4H8OS2. The molecule has 3 heteroatoms. The highest BCUT2D eigenvalue weighted by atomic mass is 33.1. The van der Waals surface area contributed by atoms with E-state index in [1.807, 2.05) is 0 Å². The molecule has 0 fully saturated rings. The van der Waals surface area contributed by atoms with Gasteiger partial charge >= 0.3 is 0 Å². The molecule has 0 N–H and O–H groups in total. The number of carbonyl (C=O) groups is 1. The van der Waals surface area contributed by atoms with Gasteiger partial charge in [0.2, 0.25) is 0 Å². The van der Waals surface area contributed by atoms with Gasteiger partial charge in [-0.1, -0.05) is 28.5 Å². The normalized spacial score (nSPS) is 8.71. The first kappa shape index (κ1) is 7.37. The van der Waals surface area contributed by atoms with Gasteiger partial charge in [0.15, 0.2) is 0 Å². The second kappa shape index (κ2) is 6.37. The number of hydrogen-bond donors (Lipinski definition) is 0. The maximum atomic E-state index is 9.65. The summed E-state index contributed by atoms with van der Waals surface area (Å²) in [5.41, 5.74) is 0. The minimum atomic E-state index is 0.624. The molecule has 0 saturated carbocycles. The third-order valence-corrected chi connectivity index (χ3v) is 2.63. The lowest BCUT2D eigenvalue weighted by molar-refractivity contribution is -0.105. The molecule has 0 aliphatic rings. The third-order valence-electron chi connectivity index (χ3n) is 0.337. The Balaban J connectivity index is 2.56. The Morgan fingerprint density at radius 1 is 1.57 bits per heavy atom. The molecule has 0 unspecified atom stereocenters. The molecule has 0 aliphatic heterocycles. The highest BCUT2D eigenvalue weighted by molar-refractivity contribution is 8.76. The molecule has 0 radical (unpaired) electrons. The molecule has 0 amide bonds. The Morgan fingerprint density at radius 3 is 2.71 bits per heavy atom. The van der Waals surface area contributed by atoms with E-state index >= 15 is 0 Å². The van der Waals surface area contributed by atoms with Gasteiger partial charge < -0.3 is 4.79 Å². The Labute approximate surface area is 51.6 Å². The van der Waals surface area contributed by atoms with Crippen LogP contribution in [0, 0.1) is 0 Å². The Hall–Kier alpha value is 0.370. The van der Waals surface area contributed by atoms with Crippen molar-refractivity contribution in [2.45, 2.75) is 6.92 Å². The molecule has 0 heterocycles. The lowest BCUT2D eigenvalue weighted by Gasteiger charge is -1.85. The molecule has 0 aromatic rings. The van der Waals surface area contributed by atoms with Gasteiger partial charge in [-0.3, -0.25) is 0 Å². The van der Waals surface area contributed by atoms with Gasteiger partial charge in [-0.15, -0.1) is 0 Å². The molecule has 0 aromatic heterocycles. The quantitative estimate of drug-likeness (QED) is 0.332. The number of carbonyl (C=O) groups excluding carboxylic acids is 1. The first-order chi connectivity index (χ1) is 3.41. The average molecular weight is 136 g/mol. The van der Waals surface area contributed by atoms with Gasteiger partial charge in [0, 0.05) is 5.75 Å². The highest BCUT2D eigenvalue weighted by Gasteiger charge is 1.80. The van der Waals surface area contributed by atoms with Crippen molar-refractivity contribution in [3.05, 3.63) is 0 Å². The van der Waals surface area contributed by atoms with Crippen molar-refractivity contribution in [1.82, 2.24) is 0 Å². The molecule has 0 atom stereocenters. The number of hydrogen-bond acceptors (Lipinski definition) is 3. The van der Waals surface area contributed by atoms with Crippen LogP contribution in [0.15, 0.2) is 0 Å². The summed E-state index contributed by atoms with van der Waals surface area (Å²) in [5.74, 6) is 1.71. The zero-order valence-electron chi connectivity index (χ0n) is 4.22. The predicted molar refractivity (Wildman–Crippen MR) is 36.7 cm³/mol. The SMILES string of the molecule is CCSSCC=O. The molecule has 7 heavy (non-hydrogen) atoms. The Morgan fingerprint density at radius 2 is 2.29 bits per heavy atom. The van der Waals surface area contributed by atoms with E-state index in [0.29, 0.717) is 5.75 Å². The van der Waals surface area contributed by atoms with Crippen molar-refractivity contribution >= 4 is 27.9 Å². The maximum absolute atomic E-state index is 9.65. The van der Waals surface area contributed by atoms with E-state index in [1.165, 1.54) is 0 Å². The standard InChI is InChI=1S/C4H8OS2/c1-2-6-7-4-3-5/h3H,2,4H2,1H3. The van der Waals surface area contributed by atoms with Gasteiger partial charge in [-0.05, 0) is 0 Å². The fourth-order valence-corrected chi connectivity index (χ4v) is 1.43. The van der Waals surface area contributed by atoms with Crippen molar-refractivity contribution in [1.29, 1.82) is 0 Å². The molecule has 0 aliphatic carbocycles. The smallest absolute Gasteiger partial charge is 0.130 e. The summed E-state index contributed by atoms with van der Waals surface area (Å²) in [6.45, 7) is 2.07. The van der Waals surface area contributed by atoms with Gasteiger partial charge in [0.05, 0.1) is 5.75 Å². The summed E-state index contributed by atoms with van der Waals surface area (Å²) in [5, 5.41) is 0. The Bertz CT molecular complexity index is 47.0. The largest absolute Gasteiger partial charge is 0.302 e. The average Bonchev–Trinajstić information content (AvgIpc) is 1.69. The van der Waals surface area contributed by atoms with Gasteiger partial charge in [-0.25, -0.2) is 0 Å². The van der Waals surface area contributed by atoms with Crippen molar-refractivity contribution in [3.8, 4) is 0 Å². The molecule has 0 saturated heterocycles. The lowest BCUT2D eigenvalue weighted by Crippen LogP contribution is -1.72. The predicted octanol–water partition coefficient (Wildman–Crippen LogP) is 1.59. The molecule has 0 aromatic carbocycles. The van der Waals surface area contributed by atoms with Crippen molar-refractivity contribution in [2.24, 2.45) is 0 Å². The summed E-state index contributed by atoms with van der Waals surface area (Å²) in [6, 6.07) is 0. The van der Waals surface area contributed by atoms with Crippen LogP contribution in [0.3, 0.4) is 0 Å². The zero-order valence-corrected chi connectivity index (χ0v) is 5.85. The second-order valence-corrected chi connectivity index (χ2v) is 3.65. The zero-order chi connectivity index (χ0) is 5.54. The third kappa shape index (κ3) is 6.37. The molecule has 0 spiro atoms. The molecule has 42 valence electrons. The van der Waals surface area contributed by atoms with Gasteiger partial charge in [0.25, 0.3) is 0 Å². The second-order valence-electron chi connectivity index (χ2n) is 0.858. The summed E-state index contributed by atoms with van der Waals surface area (Å²) in [4.78, 5) is 9.65. The van der Waals surface area contributed by atoms with E-state index < -0.39 is 0 Å². The van der Waals surface area contributed by atoms with E-state index in [4.69, 9.17) is 0 Å². The van der Waals surface area contributed by atoms with E-state index in [9.17, 15) is 4.79 Å². The monoisotopic (exact) mass is 136 g/mol. The molecular weight excluding hydrogens is 128 g/mol.